The summed E-state index contributed by atoms with van der Waals surface area (Å²) in [6.45, 7) is 1.15. The van der Waals surface area contributed by atoms with E-state index < -0.39 is 0 Å². The molecule has 0 N–H and O–H groups in total. The van der Waals surface area contributed by atoms with E-state index in [2.05, 4.69) is 65.9 Å². The van der Waals surface area contributed by atoms with Gasteiger partial charge in [-0.25, -0.2) is 0 Å². The molecular weight excluding hydrogens is 312 g/mol. The fraction of sp³-hybridized carbons (Fsp3) is 0.476. The van der Waals surface area contributed by atoms with Crippen molar-refractivity contribution in [1.82, 2.24) is 4.90 Å². The Balaban J connectivity index is 1.58. The third kappa shape index (κ3) is 3.27. The Kier molecular flexibility index (Phi) is 4.43. The van der Waals surface area contributed by atoms with Gasteiger partial charge in [-0.05, 0) is 61.1 Å². The highest BCUT2D eigenvalue weighted by Crippen LogP contribution is 2.54. The summed E-state index contributed by atoms with van der Waals surface area (Å²) in [5.74, 6) is 2.07. The number of likely N-dealkylation sites (N-methyl/N-ethyl adjacent to an activating group) is 1. The Morgan fingerprint density at radius 2 is 2.00 bits per heavy atom. The Hall–Kier alpha value is -1.63. The summed E-state index contributed by atoms with van der Waals surface area (Å²) in [6, 6.07) is 18.0. The van der Waals surface area contributed by atoms with Crippen LogP contribution in [0.1, 0.15) is 41.5 Å². The van der Waals surface area contributed by atoms with E-state index >= 15 is 0 Å². The molecule has 2 aliphatic carbocycles. The van der Waals surface area contributed by atoms with Gasteiger partial charge in [0.1, 0.15) is 0 Å². The average molecular weight is 337 g/mol. The molecule has 24 heavy (non-hydrogen) atoms. The Morgan fingerprint density at radius 1 is 1.21 bits per heavy atom. The zero-order valence-corrected chi connectivity index (χ0v) is 15.0. The minimum atomic E-state index is -0.00698. The molecule has 1 aromatic heterocycles. The quantitative estimate of drug-likeness (QED) is 0.721. The Morgan fingerprint density at radius 3 is 2.62 bits per heavy atom. The summed E-state index contributed by atoms with van der Waals surface area (Å²) < 4.78 is 0. The maximum atomic E-state index is 9.93. The van der Waals surface area contributed by atoms with E-state index in [1.165, 1.54) is 29.7 Å². The third-order valence-corrected chi connectivity index (χ3v) is 6.54. The first-order chi connectivity index (χ1) is 11.8. The molecule has 1 heterocycles. The SMILES string of the molecule is CN(CC1CC1)C(C(C#N)c1cccs1)C1CC1c1ccccc1. The van der Waals surface area contributed by atoms with Gasteiger partial charge in [0.05, 0.1) is 12.0 Å². The van der Waals surface area contributed by atoms with Gasteiger partial charge in [-0.2, -0.15) is 5.26 Å². The van der Waals surface area contributed by atoms with Crippen molar-refractivity contribution >= 4 is 11.3 Å². The summed E-state index contributed by atoms with van der Waals surface area (Å²) in [4.78, 5) is 3.72. The molecule has 2 nitrogen and oxygen atoms in total. The molecule has 4 unspecified atom stereocenters. The van der Waals surface area contributed by atoms with E-state index in [0.717, 1.165) is 12.5 Å². The summed E-state index contributed by atoms with van der Waals surface area (Å²) in [5.41, 5.74) is 1.44. The predicted octanol–water partition coefficient (Wildman–Crippen LogP) is 4.87. The maximum absolute atomic E-state index is 9.93. The standard InChI is InChI=1S/C21H24N2S/c1-23(14-15-9-10-15)21(19(13-22)20-8-5-11-24-20)18-12-17(18)16-6-3-2-4-7-16/h2-8,11,15,17-19,21H,9-10,12,14H2,1H3. The van der Waals surface area contributed by atoms with Crippen LogP contribution in [0.2, 0.25) is 0 Å². The number of nitrogens with zero attached hydrogens (tertiary/aromatic N) is 2. The number of thiophene rings is 1. The molecule has 2 fully saturated rings. The van der Waals surface area contributed by atoms with E-state index in [4.69, 9.17) is 0 Å². The van der Waals surface area contributed by atoms with Crippen molar-refractivity contribution in [3.63, 3.8) is 0 Å². The van der Waals surface area contributed by atoms with Crippen LogP contribution >= 0.6 is 11.3 Å². The van der Waals surface area contributed by atoms with Crippen LogP contribution in [0.25, 0.3) is 0 Å². The molecule has 2 aliphatic rings. The monoisotopic (exact) mass is 336 g/mol. The maximum Gasteiger partial charge on any atom is 0.0963 e. The van der Waals surface area contributed by atoms with Crippen LogP contribution in [-0.4, -0.2) is 24.5 Å². The van der Waals surface area contributed by atoms with Crippen LogP contribution in [0.3, 0.4) is 0 Å². The van der Waals surface area contributed by atoms with Gasteiger partial charge in [-0.1, -0.05) is 36.4 Å². The first-order valence-electron chi connectivity index (χ1n) is 8.96. The van der Waals surface area contributed by atoms with Gasteiger partial charge in [0.25, 0.3) is 0 Å². The van der Waals surface area contributed by atoms with Gasteiger partial charge in [0.2, 0.25) is 0 Å². The molecule has 1 aromatic carbocycles. The zero-order valence-electron chi connectivity index (χ0n) is 14.1. The molecule has 2 aromatic rings. The lowest BCUT2D eigenvalue weighted by atomic mass is 9.91. The molecule has 0 radical (unpaired) electrons. The van der Waals surface area contributed by atoms with Crippen molar-refractivity contribution in [2.45, 2.75) is 37.1 Å². The number of nitriles is 1. The topological polar surface area (TPSA) is 27.0 Å². The molecule has 4 rings (SSSR count). The summed E-state index contributed by atoms with van der Waals surface area (Å²) in [6.07, 6.45) is 3.94. The fourth-order valence-electron chi connectivity index (χ4n) is 4.11. The lowest BCUT2D eigenvalue weighted by Crippen LogP contribution is -2.39. The minimum Gasteiger partial charge on any atom is -0.301 e. The number of hydrogen-bond donors (Lipinski definition) is 0. The molecular formula is C21H24N2S. The minimum absolute atomic E-state index is 0.00698. The van der Waals surface area contributed by atoms with Gasteiger partial charge < -0.3 is 4.90 Å². The summed E-state index contributed by atoms with van der Waals surface area (Å²) >= 11 is 1.73. The fourth-order valence-corrected chi connectivity index (χ4v) is 4.92. The smallest absolute Gasteiger partial charge is 0.0963 e. The molecule has 0 amide bonds. The van der Waals surface area contributed by atoms with E-state index in [1.807, 2.05) is 0 Å². The van der Waals surface area contributed by atoms with E-state index in [9.17, 15) is 5.26 Å². The van der Waals surface area contributed by atoms with Crippen molar-refractivity contribution < 1.29 is 0 Å². The van der Waals surface area contributed by atoms with Crippen molar-refractivity contribution in [3.8, 4) is 6.07 Å². The van der Waals surface area contributed by atoms with Crippen LogP contribution < -0.4 is 0 Å². The molecule has 0 saturated heterocycles. The molecule has 2 saturated carbocycles. The Bertz CT molecular complexity index is 699. The van der Waals surface area contributed by atoms with Gasteiger partial charge >= 0.3 is 0 Å². The van der Waals surface area contributed by atoms with Crippen LogP contribution in [-0.2, 0) is 0 Å². The second-order valence-corrected chi connectivity index (χ2v) is 8.39. The van der Waals surface area contributed by atoms with Crippen LogP contribution in [0.5, 0.6) is 0 Å². The Labute approximate surface area is 148 Å². The summed E-state index contributed by atoms with van der Waals surface area (Å²) in [5, 5.41) is 12.0. The van der Waals surface area contributed by atoms with Gasteiger partial charge in [-0.15, -0.1) is 11.3 Å². The first-order valence-corrected chi connectivity index (χ1v) is 9.84. The zero-order chi connectivity index (χ0) is 16.5. The second-order valence-electron chi connectivity index (χ2n) is 7.41. The molecule has 0 aliphatic heterocycles. The van der Waals surface area contributed by atoms with Crippen LogP contribution in [0, 0.1) is 23.2 Å². The van der Waals surface area contributed by atoms with Gasteiger partial charge in [0.15, 0.2) is 0 Å². The second kappa shape index (κ2) is 6.70. The lowest BCUT2D eigenvalue weighted by molar-refractivity contribution is 0.195. The van der Waals surface area contributed by atoms with E-state index in [-0.39, 0.29) is 5.92 Å². The molecule has 0 bridgehead atoms. The highest BCUT2D eigenvalue weighted by Gasteiger charge is 2.49. The highest BCUT2D eigenvalue weighted by atomic mass is 32.1. The van der Waals surface area contributed by atoms with Crippen molar-refractivity contribution in [2.75, 3.05) is 13.6 Å². The predicted molar refractivity (Wildman–Crippen MR) is 99.1 cm³/mol. The largest absolute Gasteiger partial charge is 0.301 e. The van der Waals surface area contributed by atoms with Crippen molar-refractivity contribution in [3.05, 3.63) is 58.3 Å². The van der Waals surface area contributed by atoms with Crippen molar-refractivity contribution in [1.29, 1.82) is 5.26 Å². The molecule has 3 heteroatoms. The van der Waals surface area contributed by atoms with Gasteiger partial charge in [0, 0.05) is 17.5 Å². The van der Waals surface area contributed by atoms with Crippen molar-refractivity contribution in [2.24, 2.45) is 11.8 Å². The molecule has 4 atom stereocenters. The first kappa shape index (κ1) is 15.9. The van der Waals surface area contributed by atoms with Gasteiger partial charge in [-0.3, -0.25) is 0 Å². The number of hydrogen-bond acceptors (Lipinski definition) is 3. The number of rotatable bonds is 7. The normalized spacial score (nSPS) is 25.2. The van der Waals surface area contributed by atoms with Crippen LogP contribution in [0.4, 0.5) is 0 Å². The number of benzene rings is 1. The van der Waals surface area contributed by atoms with E-state index in [1.54, 1.807) is 11.3 Å². The van der Waals surface area contributed by atoms with E-state index in [0.29, 0.717) is 17.9 Å². The third-order valence-electron chi connectivity index (χ3n) is 5.59. The average Bonchev–Trinajstić information content (AvgIpc) is 3.52. The van der Waals surface area contributed by atoms with Crippen LogP contribution in [0.15, 0.2) is 47.8 Å². The highest BCUT2D eigenvalue weighted by molar-refractivity contribution is 7.10. The lowest BCUT2D eigenvalue weighted by Gasteiger charge is -2.32. The molecule has 0 spiro atoms. The summed E-state index contributed by atoms with van der Waals surface area (Å²) in [7, 11) is 2.24. The molecule has 124 valence electrons.